The Labute approximate surface area is 74.3 Å². The number of thiophene rings is 1. The van der Waals surface area contributed by atoms with E-state index in [0.717, 1.165) is 11.3 Å². The Morgan fingerprint density at radius 2 is 2.25 bits per heavy atom. The number of nitrogens with zero attached hydrogens (tertiary/aromatic N) is 1. The van der Waals surface area contributed by atoms with Gasteiger partial charge in [0.05, 0.1) is 0 Å². The molecule has 0 unspecified atom stereocenters. The Morgan fingerprint density at radius 3 is 2.50 bits per heavy atom. The summed E-state index contributed by atoms with van der Waals surface area (Å²) in [6.07, 6.45) is 0. The van der Waals surface area contributed by atoms with Crippen molar-refractivity contribution in [1.29, 1.82) is 5.26 Å². The summed E-state index contributed by atoms with van der Waals surface area (Å²) in [5, 5.41) is 13.4. The van der Waals surface area contributed by atoms with E-state index in [1.165, 1.54) is 6.07 Å². The predicted molar refractivity (Wildman–Crippen MR) is 45.1 cm³/mol. The van der Waals surface area contributed by atoms with E-state index in [2.05, 4.69) is 0 Å². The zero-order valence-corrected chi connectivity index (χ0v) is 7.87. The lowest BCUT2D eigenvalue weighted by Crippen LogP contribution is -2.11. The molecule has 0 aromatic carbocycles. The van der Waals surface area contributed by atoms with Crippen molar-refractivity contribution in [2.75, 3.05) is 0 Å². The van der Waals surface area contributed by atoms with E-state index in [9.17, 15) is 8.42 Å². The van der Waals surface area contributed by atoms with Crippen molar-refractivity contribution >= 4 is 21.4 Å². The molecule has 1 heterocycles. The number of nitriles is 1. The number of sulfonamides is 1. The van der Waals surface area contributed by atoms with Gasteiger partial charge in [0.1, 0.15) is 15.2 Å². The molecule has 1 rings (SSSR count). The molecule has 12 heavy (non-hydrogen) atoms. The Balaban J connectivity index is 3.39. The molecule has 0 atom stereocenters. The largest absolute Gasteiger partial charge is 0.247 e. The number of rotatable bonds is 1. The van der Waals surface area contributed by atoms with Crippen LogP contribution in [0.2, 0.25) is 0 Å². The Morgan fingerprint density at radius 1 is 1.67 bits per heavy atom. The van der Waals surface area contributed by atoms with Crippen LogP contribution in [0.1, 0.15) is 10.4 Å². The minimum Gasteiger partial charge on any atom is -0.224 e. The quantitative estimate of drug-likeness (QED) is 0.722. The molecule has 2 N–H and O–H groups in total. The summed E-state index contributed by atoms with van der Waals surface area (Å²) >= 11 is 0.892. The van der Waals surface area contributed by atoms with Crippen LogP contribution in [0.3, 0.4) is 0 Å². The maximum Gasteiger partial charge on any atom is 0.247 e. The second-order valence-electron chi connectivity index (χ2n) is 2.24. The van der Waals surface area contributed by atoms with Crippen molar-refractivity contribution in [3.8, 4) is 6.07 Å². The summed E-state index contributed by atoms with van der Waals surface area (Å²) in [7, 11) is -3.66. The third-order valence-corrected chi connectivity index (χ3v) is 3.96. The first kappa shape index (κ1) is 9.19. The van der Waals surface area contributed by atoms with Gasteiger partial charge in [-0.25, -0.2) is 13.6 Å². The lowest BCUT2D eigenvalue weighted by Gasteiger charge is -1.91. The molecule has 0 aliphatic carbocycles. The number of nitrogens with two attached hydrogens (primary N) is 1. The third-order valence-electron chi connectivity index (χ3n) is 1.24. The average Bonchev–Trinajstić information content (AvgIpc) is 2.29. The maximum atomic E-state index is 10.9. The fourth-order valence-electron chi connectivity index (χ4n) is 0.803. The Kier molecular flexibility index (Phi) is 2.19. The smallest absolute Gasteiger partial charge is 0.224 e. The van der Waals surface area contributed by atoms with Gasteiger partial charge in [-0.1, -0.05) is 0 Å². The lowest BCUT2D eigenvalue weighted by atomic mass is 10.3. The van der Waals surface area contributed by atoms with Crippen LogP contribution in [0.4, 0.5) is 0 Å². The van der Waals surface area contributed by atoms with Crippen molar-refractivity contribution in [2.24, 2.45) is 5.14 Å². The van der Waals surface area contributed by atoms with E-state index in [-0.39, 0.29) is 4.21 Å². The van der Waals surface area contributed by atoms with Gasteiger partial charge in [-0.2, -0.15) is 5.26 Å². The molecule has 1 aromatic rings. The van der Waals surface area contributed by atoms with Crippen LogP contribution in [0.5, 0.6) is 0 Å². The zero-order valence-electron chi connectivity index (χ0n) is 6.23. The van der Waals surface area contributed by atoms with Crippen LogP contribution in [0.15, 0.2) is 10.3 Å². The molecule has 0 aliphatic rings. The summed E-state index contributed by atoms with van der Waals surface area (Å²) < 4.78 is 21.8. The third kappa shape index (κ3) is 1.64. The molecule has 0 amide bonds. The summed E-state index contributed by atoms with van der Waals surface area (Å²) in [4.78, 5) is 0.358. The summed E-state index contributed by atoms with van der Waals surface area (Å²) in [6, 6.07) is 3.36. The molecule has 6 heteroatoms. The summed E-state index contributed by atoms with van der Waals surface area (Å²) in [5.74, 6) is 0. The highest BCUT2D eigenvalue weighted by atomic mass is 32.2. The fraction of sp³-hybridized carbons (Fsp3) is 0.167. The lowest BCUT2D eigenvalue weighted by molar-refractivity contribution is 0.599. The van der Waals surface area contributed by atoms with Gasteiger partial charge < -0.3 is 0 Å². The van der Waals surface area contributed by atoms with Crippen LogP contribution in [0.25, 0.3) is 0 Å². The van der Waals surface area contributed by atoms with Gasteiger partial charge in [0.15, 0.2) is 0 Å². The molecular weight excluding hydrogens is 196 g/mol. The van der Waals surface area contributed by atoms with Crippen molar-refractivity contribution in [2.45, 2.75) is 11.1 Å². The highest BCUT2D eigenvalue weighted by molar-refractivity contribution is 7.91. The van der Waals surface area contributed by atoms with Crippen LogP contribution in [0, 0.1) is 18.3 Å². The molecule has 0 aliphatic heterocycles. The number of aryl methyl sites for hydroxylation is 1. The van der Waals surface area contributed by atoms with Crippen molar-refractivity contribution in [3.63, 3.8) is 0 Å². The molecule has 0 saturated heterocycles. The van der Waals surface area contributed by atoms with Gasteiger partial charge >= 0.3 is 0 Å². The summed E-state index contributed by atoms with van der Waals surface area (Å²) in [5.41, 5.74) is 0.527. The van der Waals surface area contributed by atoms with Gasteiger partial charge in [-0.05, 0) is 18.6 Å². The van der Waals surface area contributed by atoms with Gasteiger partial charge in [-0.3, -0.25) is 0 Å². The first-order valence-electron chi connectivity index (χ1n) is 2.98. The SMILES string of the molecule is Cc1cc(C#N)sc1S(N)(=O)=O. The van der Waals surface area contributed by atoms with Crippen LogP contribution in [-0.2, 0) is 10.0 Å². The molecule has 4 nitrogen and oxygen atoms in total. The topological polar surface area (TPSA) is 83.9 Å². The van der Waals surface area contributed by atoms with Gasteiger partial charge in [-0.15, -0.1) is 11.3 Å². The number of hydrogen-bond acceptors (Lipinski definition) is 4. The molecule has 64 valence electrons. The fourth-order valence-corrected chi connectivity index (χ4v) is 2.75. The minimum absolute atomic E-state index is 0.0686. The normalized spacial score (nSPS) is 11.1. The second-order valence-corrected chi connectivity index (χ2v) is 5.05. The highest BCUT2D eigenvalue weighted by Crippen LogP contribution is 2.24. The molecular formula is C6H6N2O2S2. The van der Waals surface area contributed by atoms with Crippen LogP contribution >= 0.6 is 11.3 Å². The van der Waals surface area contributed by atoms with E-state index < -0.39 is 10.0 Å². The van der Waals surface area contributed by atoms with E-state index in [0.29, 0.717) is 10.4 Å². The molecule has 0 fully saturated rings. The van der Waals surface area contributed by atoms with E-state index in [4.69, 9.17) is 10.4 Å². The van der Waals surface area contributed by atoms with Crippen molar-refractivity contribution < 1.29 is 8.42 Å². The second kappa shape index (κ2) is 2.86. The van der Waals surface area contributed by atoms with Crippen LogP contribution in [-0.4, -0.2) is 8.42 Å². The maximum absolute atomic E-state index is 10.9. The van der Waals surface area contributed by atoms with E-state index in [1.54, 1.807) is 6.92 Å². The average molecular weight is 202 g/mol. The standard InChI is InChI=1S/C6H6N2O2S2/c1-4-2-5(3-7)11-6(4)12(8,9)10/h2H,1H3,(H2,8,9,10). The Hall–Kier alpha value is -0.900. The van der Waals surface area contributed by atoms with E-state index in [1.807, 2.05) is 6.07 Å². The van der Waals surface area contributed by atoms with Crippen LogP contribution < -0.4 is 5.14 Å². The monoisotopic (exact) mass is 202 g/mol. The van der Waals surface area contributed by atoms with Crippen molar-refractivity contribution in [3.05, 3.63) is 16.5 Å². The number of hydrogen-bond donors (Lipinski definition) is 1. The molecule has 0 saturated carbocycles. The van der Waals surface area contributed by atoms with Crippen molar-refractivity contribution in [1.82, 2.24) is 0 Å². The zero-order chi connectivity index (χ0) is 9.35. The highest BCUT2D eigenvalue weighted by Gasteiger charge is 2.15. The molecule has 0 bridgehead atoms. The van der Waals surface area contributed by atoms with Gasteiger partial charge in [0.2, 0.25) is 10.0 Å². The van der Waals surface area contributed by atoms with Gasteiger partial charge in [0, 0.05) is 0 Å². The number of primary sulfonamides is 1. The first-order valence-corrected chi connectivity index (χ1v) is 5.35. The van der Waals surface area contributed by atoms with E-state index >= 15 is 0 Å². The Bertz CT molecular complexity index is 439. The molecule has 1 aromatic heterocycles. The molecule has 0 spiro atoms. The first-order chi connectivity index (χ1) is 5.45. The minimum atomic E-state index is -3.66. The predicted octanol–water partition coefficient (Wildman–Crippen LogP) is 0.576. The molecule has 0 radical (unpaired) electrons. The summed E-state index contributed by atoms with van der Waals surface area (Å²) in [6.45, 7) is 1.61. The van der Waals surface area contributed by atoms with Gasteiger partial charge in [0.25, 0.3) is 0 Å².